The molecule has 0 bridgehead atoms. The Morgan fingerprint density at radius 1 is 1.41 bits per heavy atom. The summed E-state index contributed by atoms with van der Waals surface area (Å²) in [4.78, 5) is 15.7. The molecule has 0 amide bonds. The van der Waals surface area contributed by atoms with Crippen LogP contribution in [0.15, 0.2) is 41.5 Å². The molecule has 5 heteroatoms. The van der Waals surface area contributed by atoms with Gasteiger partial charge in [0.15, 0.2) is 11.5 Å². The molecule has 0 spiro atoms. The van der Waals surface area contributed by atoms with Gasteiger partial charge in [0.2, 0.25) is 0 Å². The Morgan fingerprint density at radius 2 is 2.18 bits per heavy atom. The zero-order valence-corrected chi connectivity index (χ0v) is 9.33. The summed E-state index contributed by atoms with van der Waals surface area (Å²) in [5, 5.41) is 9.53. The van der Waals surface area contributed by atoms with E-state index >= 15 is 0 Å². The number of nitrogens with zero attached hydrogens (tertiary/aromatic N) is 2. The summed E-state index contributed by atoms with van der Waals surface area (Å²) < 4.78 is 6.76. The lowest BCUT2D eigenvalue weighted by Crippen LogP contribution is -2.20. The van der Waals surface area contributed by atoms with Gasteiger partial charge < -0.3 is 14.4 Å². The summed E-state index contributed by atoms with van der Waals surface area (Å²) in [5.74, 6) is 0.141. The van der Waals surface area contributed by atoms with Gasteiger partial charge in [-0.3, -0.25) is 4.79 Å². The molecular formula is C12H12N2O3. The van der Waals surface area contributed by atoms with Crippen LogP contribution in [0.25, 0.3) is 0 Å². The van der Waals surface area contributed by atoms with Gasteiger partial charge in [-0.1, -0.05) is 12.1 Å². The van der Waals surface area contributed by atoms with Crippen LogP contribution < -0.4 is 10.3 Å². The highest BCUT2D eigenvalue weighted by Crippen LogP contribution is 2.27. The van der Waals surface area contributed by atoms with Crippen LogP contribution in [0, 0.1) is 0 Å². The van der Waals surface area contributed by atoms with Crippen molar-refractivity contribution in [2.75, 3.05) is 0 Å². The van der Waals surface area contributed by atoms with E-state index < -0.39 is 0 Å². The lowest BCUT2D eigenvalue weighted by molar-refractivity contribution is 0.395. The third-order valence-electron chi connectivity index (χ3n) is 2.29. The number of aromatic hydroxyl groups is 1. The molecule has 1 N–H and O–H groups in total. The van der Waals surface area contributed by atoms with Crippen molar-refractivity contribution in [2.45, 2.75) is 13.5 Å². The average molecular weight is 232 g/mol. The first-order chi connectivity index (χ1) is 8.22. The molecule has 1 aromatic heterocycles. The van der Waals surface area contributed by atoms with Crippen molar-refractivity contribution in [2.24, 2.45) is 0 Å². The minimum absolute atomic E-state index is 0.0272. The van der Waals surface area contributed by atoms with Gasteiger partial charge >= 0.3 is 5.56 Å². The Kier molecular flexibility index (Phi) is 3.09. The van der Waals surface area contributed by atoms with Crippen molar-refractivity contribution in [3.8, 4) is 17.4 Å². The van der Waals surface area contributed by atoms with E-state index in [1.54, 1.807) is 24.4 Å². The first-order valence-corrected chi connectivity index (χ1v) is 5.23. The van der Waals surface area contributed by atoms with Crippen molar-refractivity contribution in [3.05, 3.63) is 47.0 Å². The molecule has 0 aliphatic carbocycles. The highest BCUT2D eigenvalue weighted by molar-refractivity contribution is 5.39. The molecule has 0 aliphatic heterocycles. The van der Waals surface area contributed by atoms with Crippen LogP contribution in [0.5, 0.6) is 17.4 Å². The highest BCUT2D eigenvalue weighted by atomic mass is 16.5. The SMILES string of the molecule is CCn1ccnc(Oc2ccccc2O)c1=O. The molecule has 0 atom stereocenters. The minimum Gasteiger partial charge on any atom is -0.504 e. The molecule has 1 aromatic carbocycles. The zero-order valence-electron chi connectivity index (χ0n) is 9.33. The van der Waals surface area contributed by atoms with E-state index in [0.29, 0.717) is 6.54 Å². The Bertz CT molecular complexity index is 578. The molecular weight excluding hydrogens is 220 g/mol. The first-order valence-electron chi connectivity index (χ1n) is 5.23. The molecule has 5 nitrogen and oxygen atoms in total. The molecule has 0 unspecified atom stereocenters. The van der Waals surface area contributed by atoms with E-state index in [1.165, 1.54) is 16.8 Å². The molecule has 0 radical (unpaired) electrons. The molecule has 2 rings (SSSR count). The second-order valence-electron chi connectivity index (χ2n) is 3.39. The van der Waals surface area contributed by atoms with Gasteiger partial charge in [-0.15, -0.1) is 0 Å². The van der Waals surface area contributed by atoms with Crippen LogP contribution in [-0.4, -0.2) is 14.7 Å². The third-order valence-corrected chi connectivity index (χ3v) is 2.29. The number of hydrogen-bond donors (Lipinski definition) is 1. The van der Waals surface area contributed by atoms with Crippen molar-refractivity contribution in [1.29, 1.82) is 0 Å². The number of phenols is 1. The van der Waals surface area contributed by atoms with Gasteiger partial charge in [0.05, 0.1) is 0 Å². The van der Waals surface area contributed by atoms with Crippen LogP contribution in [-0.2, 0) is 6.54 Å². The predicted molar refractivity (Wildman–Crippen MR) is 62.4 cm³/mol. The maximum absolute atomic E-state index is 11.8. The van der Waals surface area contributed by atoms with Crippen molar-refractivity contribution >= 4 is 0 Å². The third kappa shape index (κ3) is 2.28. The van der Waals surface area contributed by atoms with Gasteiger partial charge in [0.1, 0.15) is 0 Å². The van der Waals surface area contributed by atoms with Crippen LogP contribution in [0.4, 0.5) is 0 Å². The fourth-order valence-corrected chi connectivity index (χ4v) is 1.39. The summed E-state index contributed by atoms with van der Waals surface area (Å²) in [6.07, 6.45) is 3.07. The number of aryl methyl sites for hydroxylation is 1. The second kappa shape index (κ2) is 4.69. The Morgan fingerprint density at radius 3 is 2.88 bits per heavy atom. The van der Waals surface area contributed by atoms with Crippen molar-refractivity contribution in [3.63, 3.8) is 0 Å². The van der Waals surface area contributed by atoms with Crippen molar-refractivity contribution < 1.29 is 9.84 Å². The lowest BCUT2D eigenvalue weighted by atomic mass is 10.3. The molecule has 0 aliphatic rings. The molecule has 17 heavy (non-hydrogen) atoms. The summed E-state index contributed by atoms with van der Waals surface area (Å²) in [6.45, 7) is 2.39. The number of ether oxygens (including phenoxy) is 1. The zero-order chi connectivity index (χ0) is 12.3. The van der Waals surface area contributed by atoms with E-state index in [2.05, 4.69) is 4.98 Å². The second-order valence-corrected chi connectivity index (χ2v) is 3.39. The summed E-state index contributed by atoms with van der Waals surface area (Å²) in [5.41, 5.74) is -0.321. The minimum atomic E-state index is -0.321. The molecule has 0 saturated heterocycles. The van der Waals surface area contributed by atoms with E-state index in [9.17, 15) is 9.90 Å². The van der Waals surface area contributed by atoms with Gasteiger partial charge in [-0.2, -0.15) is 0 Å². The standard InChI is InChI=1S/C12H12N2O3/c1-2-14-8-7-13-11(12(14)16)17-10-6-4-3-5-9(10)15/h3-8,15H,2H2,1H3. The largest absolute Gasteiger partial charge is 0.504 e. The number of phenolic OH excluding ortho intramolecular Hbond substituents is 1. The van der Waals surface area contributed by atoms with Gasteiger partial charge in [0, 0.05) is 18.9 Å². The maximum atomic E-state index is 11.8. The fourth-order valence-electron chi connectivity index (χ4n) is 1.39. The fraction of sp³-hybridized carbons (Fsp3) is 0.167. The Labute approximate surface area is 97.9 Å². The monoisotopic (exact) mass is 232 g/mol. The summed E-state index contributed by atoms with van der Waals surface area (Å²) in [6, 6.07) is 6.43. The number of aromatic nitrogens is 2. The van der Waals surface area contributed by atoms with Crippen LogP contribution in [0.2, 0.25) is 0 Å². The summed E-state index contributed by atoms with van der Waals surface area (Å²) in [7, 11) is 0. The smallest absolute Gasteiger partial charge is 0.313 e. The van der Waals surface area contributed by atoms with Crippen molar-refractivity contribution in [1.82, 2.24) is 9.55 Å². The number of rotatable bonds is 3. The van der Waals surface area contributed by atoms with Gasteiger partial charge in [0.25, 0.3) is 5.88 Å². The lowest BCUT2D eigenvalue weighted by Gasteiger charge is -2.07. The molecule has 0 saturated carbocycles. The molecule has 0 fully saturated rings. The highest BCUT2D eigenvalue weighted by Gasteiger charge is 2.08. The van der Waals surface area contributed by atoms with E-state index in [4.69, 9.17) is 4.74 Å². The predicted octanol–water partition coefficient (Wildman–Crippen LogP) is 1.76. The van der Waals surface area contributed by atoms with E-state index in [-0.39, 0.29) is 22.9 Å². The van der Waals surface area contributed by atoms with Crippen LogP contribution in [0.1, 0.15) is 6.92 Å². The topological polar surface area (TPSA) is 64.3 Å². The Balaban J connectivity index is 2.37. The summed E-state index contributed by atoms with van der Waals surface area (Å²) >= 11 is 0. The molecule has 2 aromatic rings. The number of benzene rings is 1. The average Bonchev–Trinajstić information content (AvgIpc) is 2.34. The Hall–Kier alpha value is -2.30. The molecule has 88 valence electrons. The van der Waals surface area contributed by atoms with Crippen LogP contribution >= 0.6 is 0 Å². The van der Waals surface area contributed by atoms with Gasteiger partial charge in [-0.25, -0.2) is 4.98 Å². The van der Waals surface area contributed by atoms with Crippen LogP contribution in [0.3, 0.4) is 0 Å². The van der Waals surface area contributed by atoms with E-state index in [1.807, 2.05) is 6.92 Å². The number of para-hydroxylation sites is 2. The molecule has 1 heterocycles. The quantitative estimate of drug-likeness (QED) is 0.875. The van der Waals surface area contributed by atoms with Gasteiger partial charge in [-0.05, 0) is 19.1 Å². The normalized spacial score (nSPS) is 10.2. The first kappa shape index (κ1) is 11.2. The maximum Gasteiger partial charge on any atom is 0.313 e. The van der Waals surface area contributed by atoms with E-state index in [0.717, 1.165) is 0 Å². The number of hydrogen-bond acceptors (Lipinski definition) is 4.